The molecule has 2 rings (SSSR count). The minimum atomic E-state index is -0.313. The number of nitrogens with zero attached hydrogens (tertiary/aromatic N) is 1. The molecule has 0 spiro atoms. The van der Waals surface area contributed by atoms with Gasteiger partial charge in [-0.15, -0.1) is 0 Å². The predicted octanol–water partition coefficient (Wildman–Crippen LogP) is 2.23. The van der Waals surface area contributed by atoms with E-state index >= 15 is 0 Å². The number of rotatable bonds is 4. The highest BCUT2D eigenvalue weighted by Crippen LogP contribution is 2.31. The van der Waals surface area contributed by atoms with Crippen molar-refractivity contribution in [3.8, 4) is 0 Å². The van der Waals surface area contributed by atoms with Crippen LogP contribution in [0.2, 0.25) is 0 Å². The van der Waals surface area contributed by atoms with E-state index in [1.165, 1.54) is 0 Å². The number of methoxy groups -OCH3 is 1. The first kappa shape index (κ1) is 15.5. The number of ether oxygens (including phenoxy) is 1. The fraction of sp³-hybridized carbons (Fsp3) is 0.533. The van der Waals surface area contributed by atoms with Crippen LogP contribution in [0.4, 0.5) is 0 Å². The molecule has 1 heterocycles. The minimum Gasteiger partial charge on any atom is -0.396 e. The van der Waals surface area contributed by atoms with Crippen LogP contribution in [0.15, 0.2) is 22.7 Å². The molecule has 1 amide bonds. The molecular weight excluding hydrogens is 322 g/mol. The number of aliphatic hydroxyl groups excluding tert-OH is 1. The Kier molecular flexibility index (Phi) is 4.83. The summed E-state index contributed by atoms with van der Waals surface area (Å²) in [4.78, 5) is 14.3. The maximum absolute atomic E-state index is 12.5. The van der Waals surface area contributed by atoms with Gasteiger partial charge in [-0.2, -0.15) is 0 Å². The number of hydrogen-bond donors (Lipinski definition) is 1. The molecule has 1 aliphatic heterocycles. The number of benzene rings is 1. The van der Waals surface area contributed by atoms with Gasteiger partial charge in [-0.1, -0.05) is 22.0 Å². The largest absolute Gasteiger partial charge is 0.396 e. The van der Waals surface area contributed by atoms with Crippen molar-refractivity contribution in [2.24, 2.45) is 5.41 Å². The topological polar surface area (TPSA) is 49.8 Å². The summed E-state index contributed by atoms with van der Waals surface area (Å²) in [7, 11) is 1.62. The third-order valence-electron chi connectivity index (χ3n) is 3.93. The number of hydrogen-bond acceptors (Lipinski definition) is 3. The van der Waals surface area contributed by atoms with Gasteiger partial charge in [0.05, 0.1) is 13.2 Å². The zero-order chi connectivity index (χ0) is 14.8. The van der Waals surface area contributed by atoms with Crippen molar-refractivity contribution >= 4 is 21.8 Å². The van der Waals surface area contributed by atoms with E-state index in [0.29, 0.717) is 25.3 Å². The van der Waals surface area contributed by atoms with Crippen LogP contribution in [0.5, 0.6) is 0 Å². The zero-order valence-electron chi connectivity index (χ0n) is 11.9. The highest BCUT2D eigenvalue weighted by molar-refractivity contribution is 9.10. The summed E-state index contributed by atoms with van der Waals surface area (Å²) in [5.74, 6) is 0.0112. The lowest BCUT2D eigenvalue weighted by Crippen LogP contribution is -2.36. The SMILES string of the molecule is COCC1(CO)CCN(C(=O)c2ccc(C)c(Br)c2)C1. The van der Waals surface area contributed by atoms with Crippen LogP contribution in [0.1, 0.15) is 22.3 Å². The molecule has 110 valence electrons. The van der Waals surface area contributed by atoms with Crippen molar-refractivity contribution in [3.05, 3.63) is 33.8 Å². The fourth-order valence-corrected chi connectivity index (χ4v) is 2.99. The van der Waals surface area contributed by atoms with Crippen LogP contribution in [0.25, 0.3) is 0 Å². The molecule has 1 unspecified atom stereocenters. The van der Waals surface area contributed by atoms with Gasteiger partial charge in [0.25, 0.3) is 5.91 Å². The third-order valence-corrected chi connectivity index (χ3v) is 4.78. The van der Waals surface area contributed by atoms with E-state index in [-0.39, 0.29) is 17.9 Å². The Bertz CT molecular complexity index is 506. The van der Waals surface area contributed by atoms with E-state index in [0.717, 1.165) is 16.5 Å². The molecule has 1 N–H and O–H groups in total. The highest BCUT2D eigenvalue weighted by atomic mass is 79.9. The van der Waals surface area contributed by atoms with Crippen LogP contribution in [-0.4, -0.2) is 49.3 Å². The molecule has 0 bridgehead atoms. The number of amides is 1. The lowest BCUT2D eigenvalue weighted by Gasteiger charge is -2.26. The molecule has 4 nitrogen and oxygen atoms in total. The van der Waals surface area contributed by atoms with Gasteiger partial charge >= 0.3 is 0 Å². The van der Waals surface area contributed by atoms with Crippen LogP contribution in [0, 0.1) is 12.3 Å². The Morgan fingerprint density at radius 2 is 2.30 bits per heavy atom. The molecule has 20 heavy (non-hydrogen) atoms. The van der Waals surface area contributed by atoms with Gasteiger partial charge in [0.15, 0.2) is 0 Å². The van der Waals surface area contributed by atoms with Gasteiger partial charge in [0, 0.05) is 35.7 Å². The lowest BCUT2D eigenvalue weighted by atomic mass is 9.89. The maximum Gasteiger partial charge on any atom is 0.253 e. The van der Waals surface area contributed by atoms with Crippen LogP contribution >= 0.6 is 15.9 Å². The van der Waals surface area contributed by atoms with Gasteiger partial charge in [-0.25, -0.2) is 0 Å². The van der Waals surface area contributed by atoms with Crippen molar-refractivity contribution in [2.75, 3.05) is 33.4 Å². The van der Waals surface area contributed by atoms with Gasteiger partial charge < -0.3 is 14.7 Å². The van der Waals surface area contributed by atoms with E-state index in [1.54, 1.807) is 12.0 Å². The standard InChI is InChI=1S/C15H20BrNO3/c1-11-3-4-12(7-13(11)16)14(19)17-6-5-15(8-17,9-18)10-20-2/h3-4,7,18H,5-6,8-10H2,1-2H3. The molecule has 5 heteroatoms. The van der Waals surface area contributed by atoms with E-state index in [4.69, 9.17) is 4.74 Å². The Balaban J connectivity index is 2.13. The van der Waals surface area contributed by atoms with E-state index < -0.39 is 0 Å². The summed E-state index contributed by atoms with van der Waals surface area (Å²) in [6.45, 7) is 3.71. The van der Waals surface area contributed by atoms with Crippen molar-refractivity contribution in [3.63, 3.8) is 0 Å². The Morgan fingerprint density at radius 3 is 2.90 bits per heavy atom. The first-order valence-electron chi connectivity index (χ1n) is 6.66. The summed E-state index contributed by atoms with van der Waals surface area (Å²) >= 11 is 3.45. The summed E-state index contributed by atoms with van der Waals surface area (Å²) in [6.07, 6.45) is 0.774. The summed E-state index contributed by atoms with van der Waals surface area (Å²) in [5.41, 5.74) is 1.47. The third kappa shape index (κ3) is 3.05. The predicted molar refractivity (Wildman–Crippen MR) is 80.8 cm³/mol. The van der Waals surface area contributed by atoms with E-state index in [2.05, 4.69) is 15.9 Å². The quantitative estimate of drug-likeness (QED) is 0.913. The smallest absolute Gasteiger partial charge is 0.253 e. The maximum atomic E-state index is 12.5. The van der Waals surface area contributed by atoms with Gasteiger partial charge in [-0.3, -0.25) is 4.79 Å². The second-order valence-corrected chi connectivity index (χ2v) is 6.39. The monoisotopic (exact) mass is 341 g/mol. The second-order valence-electron chi connectivity index (χ2n) is 5.53. The normalized spacial score (nSPS) is 22.3. The molecule has 0 saturated carbocycles. The Morgan fingerprint density at radius 1 is 1.55 bits per heavy atom. The first-order chi connectivity index (χ1) is 9.51. The van der Waals surface area contributed by atoms with Crippen molar-refractivity contribution < 1.29 is 14.6 Å². The average molecular weight is 342 g/mol. The molecule has 0 radical (unpaired) electrons. The number of carbonyl (C=O) groups excluding carboxylic acids is 1. The minimum absolute atomic E-state index is 0.0112. The molecule has 1 aromatic carbocycles. The molecular formula is C15H20BrNO3. The highest BCUT2D eigenvalue weighted by Gasteiger charge is 2.39. The summed E-state index contributed by atoms with van der Waals surface area (Å²) in [6, 6.07) is 5.63. The zero-order valence-corrected chi connectivity index (χ0v) is 13.4. The molecule has 1 aromatic rings. The molecule has 1 saturated heterocycles. The van der Waals surface area contributed by atoms with E-state index in [1.807, 2.05) is 25.1 Å². The second kappa shape index (κ2) is 6.24. The fourth-order valence-electron chi connectivity index (χ4n) is 2.62. The van der Waals surface area contributed by atoms with Crippen LogP contribution in [0.3, 0.4) is 0 Å². The molecule has 0 aromatic heterocycles. The number of carbonyl (C=O) groups is 1. The van der Waals surface area contributed by atoms with E-state index in [9.17, 15) is 9.90 Å². The Labute approximate surface area is 127 Å². The summed E-state index contributed by atoms with van der Waals surface area (Å²) < 4.78 is 6.12. The summed E-state index contributed by atoms with van der Waals surface area (Å²) in [5, 5.41) is 9.57. The number of aliphatic hydroxyl groups is 1. The van der Waals surface area contributed by atoms with Gasteiger partial charge in [-0.05, 0) is 31.0 Å². The van der Waals surface area contributed by atoms with Crippen LogP contribution in [-0.2, 0) is 4.74 Å². The number of aryl methyl sites for hydroxylation is 1. The molecule has 1 aliphatic rings. The molecule has 1 atom stereocenters. The molecule has 1 fully saturated rings. The number of likely N-dealkylation sites (tertiary alicyclic amines) is 1. The first-order valence-corrected chi connectivity index (χ1v) is 7.46. The van der Waals surface area contributed by atoms with Crippen LogP contribution < -0.4 is 0 Å². The van der Waals surface area contributed by atoms with Crippen molar-refractivity contribution in [2.45, 2.75) is 13.3 Å². The average Bonchev–Trinajstić information content (AvgIpc) is 2.86. The van der Waals surface area contributed by atoms with Crippen molar-refractivity contribution in [1.29, 1.82) is 0 Å². The Hall–Kier alpha value is -0.910. The van der Waals surface area contributed by atoms with Crippen molar-refractivity contribution in [1.82, 2.24) is 4.90 Å². The number of halogens is 1. The molecule has 0 aliphatic carbocycles. The van der Waals surface area contributed by atoms with Gasteiger partial charge in [0.1, 0.15) is 0 Å². The van der Waals surface area contributed by atoms with Gasteiger partial charge in [0.2, 0.25) is 0 Å². The lowest BCUT2D eigenvalue weighted by molar-refractivity contribution is 0.0343.